The van der Waals surface area contributed by atoms with Crippen LogP contribution in [0.5, 0.6) is 5.75 Å². The Bertz CT molecular complexity index is 766. The fourth-order valence-corrected chi connectivity index (χ4v) is 1.82. The third kappa shape index (κ3) is 4.04. The second-order valence-electron chi connectivity index (χ2n) is 4.66. The summed E-state index contributed by atoms with van der Waals surface area (Å²) >= 11 is 0. The van der Waals surface area contributed by atoms with E-state index in [9.17, 15) is 14.9 Å². The van der Waals surface area contributed by atoms with E-state index in [1.165, 1.54) is 24.3 Å². The zero-order chi connectivity index (χ0) is 16.8. The Balaban J connectivity index is 2.02. The van der Waals surface area contributed by atoms with E-state index in [2.05, 4.69) is 5.32 Å². The van der Waals surface area contributed by atoms with Crippen molar-refractivity contribution in [3.63, 3.8) is 0 Å². The first-order valence-corrected chi connectivity index (χ1v) is 6.72. The van der Waals surface area contributed by atoms with Crippen LogP contribution in [0, 0.1) is 21.4 Å². The highest BCUT2D eigenvalue weighted by Crippen LogP contribution is 2.19. The number of amides is 1. The predicted molar refractivity (Wildman–Crippen MR) is 83.0 cm³/mol. The van der Waals surface area contributed by atoms with Gasteiger partial charge in [0, 0.05) is 17.8 Å². The van der Waals surface area contributed by atoms with E-state index in [1.54, 1.807) is 31.2 Å². The van der Waals surface area contributed by atoms with Crippen molar-refractivity contribution < 1.29 is 14.5 Å². The molecular formula is C16H13N3O4. The number of anilines is 1. The van der Waals surface area contributed by atoms with E-state index in [0.717, 1.165) is 0 Å². The van der Waals surface area contributed by atoms with Crippen LogP contribution in [-0.4, -0.2) is 16.9 Å². The average molecular weight is 311 g/mol. The first-order chi connectivity index (χ1) is 11.0. The molecule has 0 saturated carbocycles. The average Bonchev–Trinajstić information content (AvgIpc) is 2.55. The third-order valence-corrected chi connectivity index (χ3v) is 3.03. The second kappa shape index (κ2) is 7.04. The molecule has 7 nitrogen and oxygen atoms in total. The van der Waals surface area contributed by atoms with Crippen molar-refractivity contribution in [1.82, 2.24) is 0 Å². The SMILES string of the molecule is CC(Oc1ccccc1C#N)C(=O)Nc1ccc([N+](=O)[O-])cc1. The van der Waals surface area contributed by atoms with Gasteiger partial charge < -0.3 is 10.1 Å². The summed E-state index contributed by atoms with van der Waals surface area (Å²) in [6.45, 7) is 1.55. The van der Waals surface area contributed by atoms with Crippen molar-refractivity contribution in [3.8, 4) is 11.8 Å². The van der Waals surface area contributed by atoms with Gasteiger partial charge in [0.1, 0.15) is 11.8 Å². The van der Waals surface area contributed by atoms with Gasteiger partial charge in [-0.3, -0.25) is 14.9 Å². The number of nitro benzene ring substituents is 1. The zero-order valence-corrected chi connectivity index (χ0v) is 12.2. The fraction of sp³-hybridized carbons (Fsp3) is 0.125. The van der Waals surface area contributed by atoms with E-state index < -0.39 is 16.9 Å². The van der Waals surface area contributed by atoms with Crippen molar-refractivity contribution in [2.75, 3.05) is 5.32 Å². The van der Waals surface area contributed by atoms with Crippen LogP contribution in [0.25, 0.3) is 0 Å². The molecule has 2 aromatic carbocycles. The second-order valence-corrected chi connectivity index (χ2v) is 4.66. The molecule has 2 aromatic rings. The Morgan fingerprint density at radius 1 is 1.26 bits per heavy atom. The summed E-state index contributed by atoms with van der Waals surface area (Å²) in [6.07, 6.45) is -0.834. The molecule has 0 saturated heterocycles. The molecule has 1 amide bonds. The van der Waals surface area contributed by atoms with Gasteiger partial charge in [-0.15, -0.1) is 0 Å². The van der Waals surface area contributed by atoms with Crippen molar-refractivity contribution in [2.24, 2.45) is 0 Å². The maximum Gasteiger partial charge on any atom is 0.269 e. The normalized spacial score (nSPS) is 11.1. The summed E-state index contributed by atoms with van der Waals surface area (Å²) in [6, 6.07) is 14.1. The minimum absolute atomic E-state index is 0.0600. The summed E-state index contributed by atoms with van der Waals surface area (Å²) in [5.41, 5.74) is 0.697. The number of non-ortho nitro benzene ring substituents is 1. The molecule has 0 aromatic heterocycles. The monoisotopic (exact) mass is 311 g/mol. The highest BCUT2D eigenvalue weighted by atomic mass is 16.6. The molecule has 0 fully saturated rings. The number of nitrogens with zero attached hydrogens (tertiary/aromatic N) is 2. The highest BCUT2D eigenvalue weighted by Gasteiger charge is 2.17. The quantitative estimate of drug-likeness (QED) is 0.675. The molecule has 0 radical (unpaired) electrons. The Kier molecular flexibility index (Phi) is 4.89. The number of nitriles is 1. The Labute approximate surface area is 132 Å². The molecule has 0 spiro atoms. The van der Waals surface area contributed by atoms with Crippen LogP contribution in [0.1, 0.15) is 12.5 Å². The third-order valence-electron chi connectivity index (χ3n) is 3.03. The number of ether oxygens (including phenoxy) is 1. The first kappa shape index (κ1) is 16.0. The van der Waals surface area contributed by atoms with Crippen molar-refractivity contribution in [2.45, 2.75) is 13.0 Å². The van der Waals surface area contributed by atoms with Crippen LogP contribution < -0.4 is 10.1 Å². The van der Waals surface area contributed by atoms with Gasteiger partial charge in [0.2, 0.25) is 0 Å². The van der Waals surface area contributed by atoms with Crippen molar-refractivity contribution in [1.29, 1.82) is 5.26 Å². The van der Waals surface area contributed by atoms with Gasteiger partial charge in [-0.05, 0) is 31.2 Å². The van der Waals surface area contributed by atoms with E-state index in [1.807, 2.05) is 6.07 Å². The van der Waals surface area contributed by atoms with E-state index in [4.69, 9.17) is 10.00 Å². The molecule has 0 aliphatic heterocycles. The number of benzene rings is 2. The van der Waals surface area contributed by atoms with Gasteiger partial charge in [0.05, 0.1) is 10.5 Å². The number of nitro groups is 1. The lowest BCUT2D eigenvalue weighted by molar-refractivity contribution is -0.384. The maximum absolute atomic E-state index is 12.1. The smallest absolute Gasteiger partial charge is 0.269 e. The maximum atomic E-state index is 12.1. The van der Waals surface area contributed by atoms with Crippen molar-refractivity contribution >= 4 is 17.3 Å². The summed E-state index contributed by atoms with van der Waals surface area (Å²) in [7, 11) is 0. The molecular weight excluding hydrogens is 298 g/mol. The number of hydrogen-bond donors (Lipinski definition) is 1. The molecule has 1 N–H and O–H groups in total. The Morgan fingerprint density at radius 3 is 2.52 bits per heavy atom. The van der Waals surface area contributed by atoms with Gasteiger partial charge >= 0.3 is 0 Å². The van der Waals surface area contributed by atoms with Crippen LogP contribution in [0.3, 0.4) is 0 Å². The molecule has 1 unspecified atom stereocenters. The highest BCUT2D eigenvalue weighted by molar-refractivity contribution is 5.94. The summed E-state index contributed by atoms with van der Waals surface area (Å²) in [4.78, 5) is 22.1. The van der Waals surface area contributed by atoms with E-state index in [0.29, 0.717) is 17.0 Å². The molecule has 0 aliphatic carbocycles. The van der Waals surface area contributed by atoms with E-state index in [-0.39, 0.29) is 5.69 Å². The van der Waals surface area contributed by atoms with Gasteiger partial charge in [-0.2, -0.15) is 5.26 Å². The molecule has 0 bridgehead atoms. The summed E-state index contributed by atoms with van der Waals surface area (Å²) < 4.78 is 5.49. The largest absolute Gasteiger partial charge is 0.480 e. The van der Waals surface area contributed by atoms with Gasteiger partial charge in [0.25, 0.3) is 11.6 Å². The number of nitrogens with one attached hydrogen (secondary N) is 1. The van der Waals surface area contributed by atoms with Crippen LogP contribution in [0.2, 0.25) is 0 Å². The molecule has 1 atom stereocenters. The lowest BCUT2D eigenvalue weighted by atomic mass is 10.2. The van der Waals surface area contributed by atoms with Gasteiger partial charge in [0.15, 0.2) is 6.10 Å². The number of para-hydroxylation sites is 1. The number of carbonyl (C=O) groups excluding carboxylic acids is 1. The molecule has 0 aliphatic rings. The number of rotatable bonds is 5. The van der Waals surface area contributed by atoms with Gasteiger partial charge in [-0.1, -0.05) is 12.1 Å². The lowest BCUT2D eigenvalue weighted by Crippen LogP contribution is -2.30. The first-order valence-electron chi connectivity index (χ1n) is 6.72. The molecule has 23 heavy (non-hydrogen) atoms. The van der Waals surface area contributed by atoms with Crippen LogP contribution in [0.15, 0.2) is 48.5 Å². The van der Waals surface area contributed by atoms with Crippen LogP contribution in [0.4, 0.5) is 11.4 Å². The Hall–Kier alpha value is -3.40. The lowest BCUT2D eigenvalue weighted by Gasteiger charge is -2.15. The number of carbonyl (C=O) groups is 1. The molecule has 0 heterocycles. The molecule has 116 valence electrons. The molecule has 2 rings (SSSR count). The Morgan fingerprint density at radius 2 is 1.91 bits per heavy atom. The minimum atomic E-state index is -0.834. The summed E-state index contributed by atoms with van der Waals surface area (Å²) in [5, 5.41) is 22.2. The predicted octanol–water partition coefficient (Wildman–Crippen LogP) is 2.87. The standard InChI is InChI=1S/C16H13N3O4/c1-11(23-15-5-3-2-4-12(15)10-17)16(20)18-13-6-8-14(9-7-13)19(21)22/h2-9,11H,1H3,(H,18,20). The summed E-state index contributed by atoms with van der Waals surface area (Å²) in [5.74, 6) is -0.104. The van der Waals surface area contributed by atoms with Gasteiger partial charge in [-0.25, -0.2) is 0 Å². The molecule has 7 heteroatoms. The minimum Gasteiger partial charge on any atom is -0.480 e. The van der Waals surface area contributed by atoms with Crippen LogP contribution >= 0.6 is 0 Å². The number of hydrogen-bond acceptors (Lipinski definition) is 5. The fourth-order valence-electron chi connectivity index (χ4n) is 1.82. The van der Waals surface area contributed by atoms with Crippen LogP contribution in [-0.2, 0) is 4.79 Å². The van der Waals surface area contributed by atoms with Crippen molar-refractivity contribution in [3.05, 3.63) is 64.2 Å². The topological polar surface area (TPSA) is 105 Å². The zero-order valence-electron chi connectivity index (χ0n) is 12.2. The van der Waals surface area contributed by atoms with E-state index >= 15 is 0 Å².